The molecule has 0 radical (unpaired) electrons. The SMILES string of the molecule is O=C(Cc1ccc2c(c1)CCC2)CC1CCSCC1. The summed E-state index contributed by atoms with van der Waals surface area (Å²) in [7, 11) is 0. The van der Waals surface area contributed by atoms with Crippen LogP contribution in [0, 0.1) is 5.92 Å². The summed E-state index contributed by atoms with van der Waals surface area (Å²) in [5.41, 5.74) is 4.22. The number of ketones is 1. The molecule has 1 heterocycles. The molecule has 3 rings (SSSR count). The lowest BCUT2D eigenvalue weighted by atomic mass is 9.93. The third kappa shape index (κ3) is 3.42. The fraction of sp³-hybridized carbons (Fsp3) is 0.588. The number of carbonyl (C=O) groups is 1. The Bertz CT molecular complexity index is 460. The van der Waals surface area contributed by atoms with Crippen LogP contribution in [0.5, 0.6) is 0 Å². The second kappa shape index (κ2) is 6.13. The van der Waals surface area contributed by atoms with Gasteiger partial charge in [-0.25, -0.2) is 0 Å². The Labute approximate surface area is 120 Å². The monoisotopic (exact) mass is 274 g/mol. The van der Waals surface area contributed by atoms with Gasteiger partial charge in [-0.15, -0.1) is 0 Å². The molecule has 2 heteroatoms. The Hall–Kier alpha value is -0.760. The van der Waals surface area contributed by atoms with Gasteiger partial charge in [0.15, 0.2) is 0 Å². The average molecular weight is 274 g/mol. The highest BCUT2D eigenvalue weighted by Gasteiger charge is 2.18. The summed E-state index contributed by atoms with van der Waals surface area (Å²) in [6.45, 7) is 0. The van der Waals surface area contributed by atoms with Gasteiger partial charge in [-0.05, 0) is 66.2 Å². The van der Waals surface area contributed by atoms with Crippen molar-refractivity contribution in [1.82, 2.24) is 0 Å². The van der Waals surface area contributed by atoms with Gasteiger partial charge in [-0.2, -0.15) is 11.8 Å². The first-order valence-electron chi connectivity index (χ1n) is 7.51. The summed E-state index contributed by atoms with van der Waals surface area (Å²) in [4.78, 5) is 12.2. The molecule has 1 fully saturated rings. The van der Waals surface area contributed by atoms with E-state index in [2.05, 4.69) is 18.2 Å². The Kier molecular flexibility index (Phi) is 4.27. The van der Waals surface area contributed by atoms with Crippen molar-refractivity contribution >= 4 is 17.5 Å². The third-order valence-electron chi connectivity index (χ3n) is 4.42. The van der Waals surface area contributed by atoms with Crippen LogP contribution in [0.2, 0.25) is 0 Å². The van der Waals surface area contributed by atoms with Crippen molar-refractivity contribution in [3.8, 4) is 0 Å². The van der Waals surface area contributed by atoms with Gasteiger partial charge in [0.05, 0.1) is 0 Å². The minimum atomic E-state index is 0.440. The topological polar surface area (TPSA) is 17.1 Å². The Morgan fingerprint density at radius 3 is 2.79 bits per heavy atom. The van der Waals surface area contributed by atoms with E-state index in [-0.39, 0.29) is 0 Å². The normalized spacial score (nSPS) is 19.4. The number of carbonyl (C=O) groups excluding carboxylic acids is 1. The van der Waals surface area contributed by atoms with Gasteiger partial charge in [0.1, 0.15) is 5.78 Å². The number of benzene rings is 1. The van der Waals surface area contributed by atoms with Crippen molar-refractivity contribution in [2.45, 2.75) is 44.9 Å². The van der Waals surface area contributed by atoms with E-state index < -0.39 is 0 Å². The largest absolute Gasteiger partial charge is 0.299 e. The summed E-state index contributed by atoms with van der Waals surface area (Å²) in [6.07, 6.45) is 7.64. The molecule has 102 valence electrons. The van der Waals surface area contributed by atoms with Crippen LogP contribution in [-0.4, -0.2) is 17.3 Å². The van der Waals surface area contributed by atoms with Crippen LogP contribution in [0.25, 0.3) is 0 Å². The molecule has 1 aliphatic heterocycles. The van der Waals surface area contributed by atoms with Crippen LogP contribution in [0.3, 0.4) is 0 Å². The fourth-order valence-corrected chi connectivity index (χ4v) is 4.51. The van der Waals surface area contributed by atoms with E-state index in [4.69, 9.17) is 0 Å². The minimum absolute atomic E-state index is 0.440. The molecule has 1 aliphatic carbocycles. The zero-order valence-electron chi connectivity index (χ0n) is 11.5. The van der Waals surface area contributed by atoms with E-state index in [0.717, 1.165) is 6.42 Å². The molecule has 19 heavy (non-hydrogen) atoms. The summed E-state index contributed by atoms with van der Waals surface area (Å²) in [5, 5.41) is 0. The van der Waals surface area contributed by atoms with Crippen LogP contribution in [-0.2, 0) is 24.1 Å². The Morgan fingerprint density at radius 2 is 1.95 bits per heavy atom. The van der Waals surface area contributed by atoms with Gasteiger partial charge < -0.3 is 0 Å². The summed E-state index contributed by atoms with van der Waals surface area (Å²) in [5.74, 6) is 3.59. The maximum absolute atomic E-state index is 12.2. The standard InChI is InChI=1S/C17H22OS/c18-17(11-13-6-8-19-9-7-13)12-14-4-5-15-2-1-3-16(15)10-14/h4-5,10,13H,1-3,6-9,11-12H2. The molecule has 0 amide bonds. The van der Waals surface area contributed by atoms with Crippen molar-refractivity contribution in [2.75, 3.05) is 11.5 Å². The maximum Gasteiger partial charge on any atom is 0.137 e. The van der Waals surface area contributed by atoms with E-state index in [1.165, 1.54) is 60.3 Å². The van der Waals surface area contributed by atoms with E-state index in [0.29, 0.717) is 18.1 Å². The average Bonchev–Trinajstić information content (AvgIpc) is 2.87. The predicted molar refractivity (Wildman–Crippen MR) is 81.8 cm³/mol. The van der Waals surface area contributed by atoms with Crippen LogP contribution in [0.1, 0.15) is 42.4 Å². The van der Waals surface area contributed by atoms with Crippen molar-refractivity contribution in [1.29, 1.82) is 0 Å². The van der Waals surface area contributed by atoms with E-state index >= 15 is 0 Å². The van der Waals surface area contributed by atoms with E-state index in [1.54, 1.807) is 0 Å². The summed E-state index contributed by atoms with van der Waals surface area (Å²) >= 11 is 2.03. The van der Waals surface area contributed by atoms with Crippen LogP contribution >= 0.6 is 11.8 Å². The molecule has 2 aliphatic rings. The summed E-state index contributed by atoms with van der Waals surface area (Å²) < 4.78 is 0. The zero-order valence-corrected chi connectivity index (χ0v) is 12.3. The number of thioether (sulfide) groups is 1. The molecule has 1 nitrogen and oxygen atoms in total. The molecule has 1 aromatic carbocycles. The molecule has 0 spiro atoms. The first-order chi connectivity index (χ1) is 9.31. The Morgan fingerprint density at radius 1 is 1.16 bits per heavy atom. The zero-order chi connectivity index (χ0) is 13.1. The van der Waals surface area contributed by atoms with Crippen molar-refractivity contribution in [3.63, 3.8) is 0 Å². The van der Waals surface area contributed by atoms with Gasteiger partial charge in [0, 0.05) is 12.8 Å². The highest BCUT2D eigenvalue weighted by atomic mass is 32.2. The smallest absolute Gasteiger partial charge is 0.137 e. The highest BCUT2D eigenvalue weighted by molar-refractivity contribution is 7.99. The summed E-state index contributed by atoms with van der Waals surface area (Å²) in [6, 6.07) is 6.68. The van der Waals surface area contributed by atoms with Crippen molar-refractivity contribution in [3.05, 3.63) is 34.9 Å². The molecule has 0 unspecified atom stereocenters. The first kappa shape index (κ1) is 13.2. The number of hydrogen-bond donors (Lipinski definition) is 0. The highest BCUT2D eigenvalue weighted by Crippen LogP contribution is 2.27. The minimum Gasteiger partial charge on any atom is -0.299 e. The number of fused-ring (bicyclic) bond motifs is 1. The van der Waals surface area contributed by atoms with Gasteiger partial charge in [0.25, 0.3) is 0 Å². The maximum atomic E-state index is 12.2. The molecule has 0 atom stereocenters. The lowest BCUT2D eigenvalue weighted by Crippen LogP contribution is -2.15. The predicted octanol–water partition coefficient (Wildman–Crippen LogP) is 3.82. The van der Waals surface area contributed by atoms with Crippen LogP contribution in [0.4, 0.5) is 0 Å². The van der Waals surface area contributed by atoms with E-state index in [9.17, 15) is 4.79 Å². The second-order valence-corrected chi connectivity index (χ2v) is 7.16. The molecule has 0 N–H and O–H groups in total. The fourth-order valence-electron chi connectivity index (χ4n) is 3.31. The van der Waals surface area contributed by atoms with Gasteiger partial charge in [-0.3, -0.25) is 4.79 Å². The molecule has 0 saturated carbocycles. The molecule has 0 aromatic heterocycles. The lowest BCUT2D eigenvalue weighted by molar-refractivity contribution is -0.119. The van der Waals surface area contributed by atoms with Gasteiger partial charge in [-0.1, -0.05) is 18.2 Å². The van der Waals surface area contributed by atoms with Gasteiger partial charge >= 0.3 is 0 Å². The molecule has 1 saturated heterocycles. The number of rotatable bonds is 4. The van der Waals surface area contributed by atoms with Crippen molar-refractivity contribution in [2.24, 2.45) is 5.92 Å². The van der Waals surface area contributed by atoms with E-state index in [1.807, 2.05) is 11.8 Å². The third-order valence-corrected chi connectivity index (χ3v) is 5.47. The second-order valence-electron chi connectivity index (χ2n) is 5.93. The molecule has 1 aromatic rings. The number of Topliss-reactive ketones (excluding diaryl/α,β-unsaturated/α-hetero) is 1. The van der Waals surface area contributed by atoms with Crippen LogP contribution < -0.4 is 0 Å². The lowest BCUT2D eigenvalue weighted by Gasteiger charge is -2.20. The quantitative estimate of drug-likeness (QED) is 0.830. The van der Waals surface area contributed by atoms with Gasteiger partial charge in [0.2, 0.25) is 0 Å². The van der Waals surface area contributed by atoms with Crippen LogP contribution in [0.15, 0.2) is 18.2 Å². The number of aryl methyl sites for hydroxylation is 2. The first-order valence-corrected chi connectivity index (χ1v) is 8.67. The number of hydrogen-bond acceptors (Lipinski definition) is 2. The molecular formula is C17H22OS. The Balaban J connectivity index is 1.56. The molecule has 0 bridgehead atoms. The molecular weight excluding hydrogens is 252 g/mol. The van der Waals surface area contributed by atoms with Crippen molar-refractivity contribution < 1.29 is 4.79 Å².